The van der Waals surface area contributed by atoms with E-state index in [-0.39, 0.29) is 12.4 Å². The number of hydrogen-bond donors (Lipinski definition) is 0. The van der Waals surface area contributed by atoms with E-state index in [0.29, 0.717) is 11.8 Å². The van der Waals surface area contributed by atoms with Crippen molar-refractivity contribution in [2.45, 2.75) is 18.8 Å². The normalized spacial score (nSPS) is 36.5. The van der Waals surface area contributed by atoms with Crippen molar-refractivity contribution in [2.24, 2.45) is 11.8 Å². The average Bonchev–Trinajstić information content (AvgIpc) is 3.11. The maximum absolute atomic E-state index is 6.12. The van der Waals surface area contributed by atoms with Crippen LogP contribution < -0.4 is 0 Å². The first kappa shape index (κ1) is 10.5. The Bertz CT molecular complexity index is 529. The minimum absolute atomic E-state index is 0.148. The van der Waals surface area contributed by atoms with Crippen molar-refractivity contribution in [3.8, 4) is 0 Å². The Morgan fingerprint density at radius 1 is 1.22 bits per heavy atom. The quantitative estimate of drug-likeness (QED) is 0.790. The summed E-state index contributed by atoms with van der Waals surface area (Å²) in [6, 6.07) is 10.5. The second kappa shape index (κ2) is 3.81. The fraction of sp³-hybridized carbons (Fsp3) is 0.375. The third-order valence-electron chi connectivity index (χ3n) is 4.38. The van der Waals surface area contributed by atoms with E-state index in [4.69, 9.17) is 9.47 Å². The Labute approximate surface area is 107 Å². The number of rotatable bonds is 2. The Kier molecular flexibility index (Phi) is 2.23. The van der Waals surface area contributed by atoms with Gasteiger partial charge in [0.2, 0.25) is 0 Å². The lowest BCUT2D eigenvalue weighted by atomic mass is 9.84. The third-order valence-corrected chi connectivity index (χ3v) is 4.38. The monoisotopic (exact) mass is 240 g/mol. The molecule has 1 fully saturated rings. The molecule has 1 aromatic carbocycles. The van der Waals surface area contributed by atoms with Crippen molar-refractivity contribution in [1.82, 2.24) is 0 Å². The van der Waals surface area contributed by atoms with Crippen LogP contribution in [0.4, 0.5) is 0 Å². The molecule has 2 bridgehead atoms. The van der Waals surface area contributed by atoms with Gasteiger partial charge in [0.1, 0.15) is 0 Å². The van der Waals surface area contributed by atoms with Crippen molar-refractivity contribution < 1.29 is 9.47 Å². The summed E-state index contributed by atoms with van der Waals surface area (Å²) in [4.78, 5) is 0. The summed E-state index contributed by atoms with van der Waals surface area (Å²) < 4.78 is 11.6. The molecule has 0 radical (unpaired) electrons. The van der Waals surface area contributed by atoms with Crippen molar-refractivity contribution in [2.75, 3.05) is 7.11 Å². The molecule has 0 amide bonds. The minimum atomic E-state index is -0.148. The van der Waals surface area contributed by atoms with Crippen molar-refractivity contribution in [3.05, 3.63) is 59.2 Å². The van der Waals surface area contributed by atoms with E-state index < -0.39 is 0 Å². The van der Waals surface area contributed by atoms with Crippen LogP contribution in [0.2, 0.25) is 0 Å². The zero-order valence-corrected chi connectivity index (χ0v) is 10.4. The van der Waals surface area contributed by atoms with E-state index in [0.717, 1.165) is 0 Å². The minimum Gasteiger partial charge on any atom is -0.352 e. The maximum Gasteiger partial charge on any atom is 0.181 e. The van der Waals surface area contributed by atoms with Crippen LogP contribution in [0.15, 0.2) is 53.6 Å². The van der Waals surface area contributed by atoms with Gasteiger partial charge in [-0.2, -0.15) is 0 Å². The lowest BCUT2D eigenvalue weighted by Gasteiger charge is -2.21. The standard InChI is InChI=1S/C16H16O2/c1-17-16-14-12-8-7-11(9-12)13(14)15(18-16)10-5-3-2-4-6-10/h2-8,11,13,15-16H,9H2,1H3. The molecule has 2 aliphatic carbocycles. The lowest BCUT2D eigenvalue weighted by Crippen LogP contribution is -2.14. The SMILES string of the molecule is COC1OC(c2ccccc2)C2C1=C1C=CC2C1. The fourth-order valence-corrected chi connectivity index (χ4v) is 3.63. The van der Waals surface area contributed by atoms with E-state index in [1.165, 1.54) is 23.1 Å². The van der Waals surface area contributed by atoms with Crippen LogP contribution in [0.25, 0.3) is 0 Å². The Morgan fingerprint density at radius 2 is 2.06 bits per heavy atom. The number of fused-ring (bicyclic) bond motifs is 4. The molecule has 3 aliphatic rings. The third kappa shape index (κ3) is 1.30. The van der Waals surface area contributed by atoms with Crippen molar-refractivity contribution in [1.29, 1.82) is 0 Å². The van der Waals surface area contributed by atoms with Gasteiger partial charge in [-0.05, 0) is 29.0 Å². The fourth-order valence-electron chi connectivity index (χ4n) is 3.63. The van der Waals surface area contributed by atoms with Crippen LogP contribution in [0.1, 0.15) is 18.1 Å². The van der Waals surface area contributed by atoms with Gasteiger partial charge in [-0.3, -0.25) is 0 Å². The number of methoxy groups -OCH3 is 1. The number of hydrogen-bond acceptors (Lipinski definition) is 2. The van der Waals surface area contributed by atoms with Crippen molar-refractivity contribution >= 4 is 0 Å². The van der Waals surface area contributed by atoms with Gasteiger partial charge in [-0.15, -0.1) is 0 Å². The second-order valence-electron chi connectivity index (χ2n) is 5.27. The zero-order chi connectivity index (χ0) is 12.1. The van der Waals surface area contributed by atoms with Gasteiger partial charge in [0.05, 0.1) is 6.10 Å². The summed E-state index contributed by atoms with van der Waals surface area (Å²) in [5.41, 5.74) is 4.09. The first-order chi connectivity index (χ1) is 8.88. The van der Waals surface area contributed by atoms with Gasteiger partial charge in [0.25, 0.3) is 0 Å². The Morgan fingerprint density at radius 3 is 2.83 bits per heavy atom. The van der Waals surface area contributed by atoms with Crippen LogP contribution in [-0.4, -0.2) is 13.4 Å². The van der Waals surface area contributed by atoms with Gasteiger partial charge in [-0.1, -0.05) is 42.5 Å². The highest BCUT2D eigenvalue weighted by Gasteiger charge is 2.50. The summed E-state index contributed by atoms with van der Waals surface area (Å²) in [7, 11) is 1.73. The molecule has 1 aromatic rings. The molecule has 0 aromatic heterocycles. The molecule has 4 rings (SSSR count). The van der Waals surface area contributed by atoms with Gasteiger partial charge < -0.3 is 9.47 Å². The molecule has 0 saturated carbocycles. The molecule has 0 spiro atoms. The van der Waals surface area contributed by atoms with E-state index in [1.807, 2.05) is 6.07 Å². The Hall–Kier alpha value is -1.38. The van der Waals surface area contributed by atoms with Crippen molar-refractivity contribution in [3.63, 3.8) is 0 Å². The first-order valence-electron chi connectivity index (χ1n) is 6.53. The predicted octanol–water partition coefficient (Wildman–Crippen LogP) is 3.23. The summed E-state index contributed by atoms with van der Waals surface area (Å²) in [6.07, 6.45) is 5.76. The summed E-state index contributed by atoms with van der Waals surface area (Å²) >= 11 is 0. The van der Waals surface area contributed by atoms with Gasteiger partial charge in [0, 0.05) is 13.0 Å². The number of ether oxygens (including phenoxy) is 2. The maximum atomic E-state index is 6.12. The van der Waals surface area contributed by atoms with E-state index in [2.05, 4.69) is 36.4 Å². The first-order valence-corrected chi connectivity index (χ1v) is 6.53. The number of benzene rings is 1. The molecule has 4 atom stereocenters. The zero-order valence-electron chi connectivity index (χ0n) is 10.4. The summed E-state index contributed by atoms with van der Waals surface area (Å²) in [5, 5.41) is 0. The molecule has 2 heteroatoms. The molecule has 1 aliphatic heterocycles. The molecule has 18 heavy (non-hydrogen) atoms. The van der Waals surface area contributed by atoms with Crippen LogP contribution in [-0.2, 0) is 9.47 Å². The van der Waals surface area contributed by atoms with Gasteiger partial charge in [-0.25, -0.2) is 0 Å². The van der Waals surface area contributed by atoms with E-state index in [9.17, 15) is 0 Å². The van der Waals surface area contributed by atoms with E-state index >= 15 is 0 Å². The molecule has 4 unspecified atom stereocenters. The van der Waals surface area contributed by atoms with Crippen LogP contribution in [0.5, 0.6) is 0 Å². The smallest absolute Gasteiger partial charge is 0.181 e. The highest BCUT2D eigenvalue weighted by atomic mass is 16.7. The lowest BCUT2D eigenvalue weighted by molar-refractivity contribution is -0.106. The molecule has 2 nitrogen and oxygen atoms in total. The molecule has 0 N–H and O–H groups in total. The molecule has 92 valence electrons. The molecule has 1 saturated heterocycles. The Balaban J connectivity index is 1.77. The summed E-state index contributed by atoms with van der Waals surface area (Å²) in [6.45, 7) is 0. The highest BCUT2D eigenvalue weighted by Crippen LogP contribution is 2.56. The second-order valence-corrected chi connectivity index (χ2v) is 5.27. The topological polar surface area (TPSA) is 18.5 Å². The van der Waals surface area contributed by atoms with Crippen LogP contribution in [0.3, 0.4) is 0 Å². The molecular weight excluding hydrogens is 224 g/mol. The number of allylic oxidation sites excluding steroid dienone is 3. The molecular formula is C16H16O2. The van der Waals surface area contributed by atoms with E-state index in [1.54, 1.807) is 7.11 Å². The van der Waals surface area contributed by atoms with Crippen LogP contribution in [0, 0.1) is 11.8 Å². The molecule has 1 heterocycles. The average molecular weight is 240 g/mol. The van der Waals surface area contributed by atoms with Crippen LogP contribution >= 0.6 is 0 Å². The largest absolute Gasteiger partial charge is 0.352 e. The highest BCUT2D eigenvalue weighted by molar-refractivity contribution is 5.45. The van der Waals surface area contributed by atoms with Gasteiger partial charge in [0.15, 0.2) is 6.29 Å². The summed E-state index contributed by atoms with van der Waals surface area (Å²) in [5.74, 6) is 1.10. The predicted molar refractivity (Wildman–Crippen MR) is 68.8 cm³/mol. The van der Waals surface area contributed by atoms with Gasteiger partial charge >= 0.3 is 0 Å².